The topological polar surface area (TPSA) is 92.8 Å². The highest BCUT2D eigenvalue weighted by molar-refractivity contribution is 6.06. The molecule has 142 valence electrons. The number of aromatic nitrogens is 1. The van der Waals surface area contributed by atoms with Crippen molar-refractivity contribution >= 4 is 29.2 Å². The van der Waals surface area contributed by atoms with Gasteiger partial charge in [0.05, 0.1) is 25.5 Å². The normalized spacial score (nSPS) is 13.7. The third kappa shape index (κ3) is 4.95. The molecule has 1 aliphatic rings. The van der Waals surface area contributed by atoms with Crippen LogP contribution in [-0.2, 0) is 9.47 Å². The van der Waals surface area contributed by atoms with Gasteiger partial charge in [0.1, 0.15) is 0 Å². The van der Waals surface area contributed by atoms with Crippen LogP contribution in [0.25, 0.3) is 0 Å². The van der Waals surface area contributed by atoms with Gasteiger partial charge in [-0.25, -0.2) is 9.78 Å². The lowest BCUT2D eigenvalue weighted by molar-refractivity contribution is 0.102. The molecule has 1 aliphatic heterocycles. The third-order valence-corrected chi connectivity index (χ3v) is 3.99. The van der Waals surface area contributed by atoms with Crippen molar-refractivity contribution in [2.75, 3.05) is 48.4 Å². The molecular weight excluding hydrogens is 348 g/mol. The van der Waals surface area contributed by atoms with Crippen molar-refractivity contribution in [1.29, 1.82) is 0 Å². The van der Waals surface area contributed by atoms with E-state index in [4.69, 9.17) is 9.47 Å². The summed E-state index contributed by atoms with van der Waals surface area (Å²) in [6.07, 6.45) is 1.14. The largest absolute Gasteiger partial charge is 0.450 e. The molecule has 0 unspecified atom stereocenters. The van der Waals surface area contributed by atoms with E-state index in [-0.39, 0.29) is 12.5 Å². The molecule has 2 heterocycles. The maximum Gasteiger partial charge on any atom is 0.411 e. The zero-order valence-corrected chi connectivity index (χ0v) is 15.1. The maximum atomic E-state index is 12.7. The summed E-state index contributed by atoms with van der Waals surface area (Å²) >= 11 is 0. The lowest BCUT2D eigenvalue weighted by atomic mass is 10.2. The molecule has 2 amide bonds. The molecule has 1 fully saturated rings. The van der Waals surface area contributed by atoms with Crippen LogP contribution in [0.15, 0.2) is 42.6 Å². The minimum atomic E-state index is -0.558. The molecule has 1 aromatic carbocycles. The fourth-order valence-corrected chi connectivity index (χ4v) is 2.74. The van der Waals surface area contributed by atoms with Crippen molar-refractivity contribution in [3.8, 4) is 0 Å². The van der Waals surface area contributed by atoms with Crippen LogP contribution in [0.3, 0.4) is 0 Å². The van der Waals surface area contributed by atoms with Crippen molar-refractivity contribution in [3.05, 3.63) is 48.2 Å². The van der Waals surface area contributed by atoms with E-state index in [0.717, 1.165) is 18.9 Å². The number of benzene rings is 1. The Balaban J connectivity index is 1.73. The Labute approximate surface area is 157 Å². The second-order valence-electron chi connectivity index (χ2n) is 5.85. The van der Waals surface area contributed by atoms with E-state index in [2.05, 4.69) is 20.5 Å². The number of amides is 2. The van der Waals surface area contributed by atoms with Crippen LogP contribution in [0.4, 0.5) is 22.0 Å². The van der Waals surface area contributed by atoms with Crippen LogP contribution >= 0.6 is 0 Å². The molecule has 0 radical (unpaired) electrons. The van der Waals surface area contributed by atoms with Gasteiger partial charge in [0.25, 0.3) is 5.91 Å². The molecule has 0 spiro atoms. The first kappa shape index (κ1) is 18.7. The Morgan fingerprint density at radius 2 is 2.00 bits per heavy atom. The first-order chi connectivity index (χ1) is 13.2. The summed E-state index contributed by atoms with van der Waals surface area (Å²) in [4.78, 5) is 30.7. The Kier molecular flexibility index (Phi) is 6.22. The number of hydrogen-bond acceptors (Lipinski definition) is 6. The highest BCUT2D eigenvalue weighted by Crippen LogP contribution is 2.24. The zero-order valence-electron chi connectivity index (χ0n) is 15.1. The second kappa shape index (κ2) is 9.00. The zero-order chi connectivity index (χ0) is 19.1. The average Bonchev–Trinajstić information content (AvgIpc) is 2.69. The Bertz CT molecular complexity index is 806. The molecule has 1 saturated heterocycles. The lowest BCUT2D eigenvalue weighted by Crippen LogP contribution is -2.37. The molecule has 0 bridgehead atoms. The number of morpholine rings is 1. The van der Waals surface area contributed by atoms with E-state index in [0.29, 0.717) is 30.2 Å². The predicted molar refractivity (Wildman–Crippen MR) is 102 cm³/mol. The Morgan fingerprint density at radius 1 is 1.19 bits per heavy atom. The number of hydrogen-bond donors (Lipinski definition) is 2. The Morgan fingerprint density at radius 3 is 2.78 bits per heavy atom. The van der Waals surface area contributed by atoms with Crippen LogP contribution in [0, 0.1) is 0 Å². The third-order valence-electron chi connectivity index (χ3n) is 3.99. The van der Waals surface area contributed by atoms with E-state index in [9.17, 15) is 9.59 Å². The number of nitrogens with zero attached hydrogens (tertiary/aromatic N) is 2. The molecular formula is C19H22N4O4. The Hall–Kier alpha value is -3.13. The fraction of sp³-hybridized carbons (Fsp3) is 0.316. The van der Waals surface area contributed by atoms with Gasteiger partial charge in [-0.15, -0.1) is 0 Å². The summed E-state index contributed by atoms with van der Waals surface area (Å²) in [5.41, 5.74) is 1.54. The molecule has 0 aliphatic carbocycles. The molecule has 2 N–H and O–H groups in total. The first-order valence-electron chi connectivity index (χ1n) is 8.80. The highest BCUT2D eigenvalue weighted by atomic mass is 16.5. The number of carbonyl (C=O) groups excluding carboxylic acids is 2. The van der Waals surface area contributed by atoms with Gasteiger partial charge in [-0.2, -0.15) is 0 Å². The van der Waals surface area contributed by atoms with E-state index >= 15 is 0 Å². The van der Waals surface area contributed by atoms with Crippen molar-refractivity contribution in [3.63, 3.8) is 0 Å². The standard InChI is InChI=1S/C19H22N4O4/c1-2-27-19(25)21-15-6-3-5-14(13-15)18(24)22-16-7-4-8-20-17(16)23-9-11-26-12-10-23/h3-8,13H,2,9-12H2,1H3,(H,21,25)(H,22,24). The number of nitrogens with one attached hydrogen (secondary N) is 2. The van der Waals surface area contributed by atoms with Crippen molar-refractivity contribution < 1.29 is 19.1 Å². The number of carbonyl (C=O) groups is 2. The monoisotopic (exact) mass is 370 g/mol. The molecule has 0 atom stereocenters. The van der Waals surface area contributed by atoms with Crippen molar-refractivity contribution in [2.45, 2.75) is 6.92 Å². The van der Waals surface area contributed by atoms with Crippen molar-refractivity contribution in [1.82, 2.24) is 4.98 Å². The van der Waals surface area contributed by atoms with E-state index < -0.39 is 6.09 Å². The molecule has 27 heavy (non-hydrogen) atoms. The summed E-state index contributed by atoms with van der Waals surface area (Å²) < 4.78 is 10.2. The average molecular weight is 370 g/mol. The van der Waals surface area contributed by atoms with Crippen LogP contribution in [-0.4, -0.2) is 49.9 Å². The van der Waals surface area contributed by atoms with E-state index in [1.807, 2.05) is 6.07 Å². The van der Waals surface area contributed by atoms with Crippen LogP contribution in [0.2, 0.25) is 0 Å². The van der Waals surface area contributed by atoms with E-state index in [1.165, 1.54) is 0 Å². The first-order valence-corrected chi connectivity index (χ1v) is 8.80. The van der Waals surface area contributed by atoms with Crippen LogP contribution < -0.4 is 15.5 Å². The predicted octanol–water partition coefficient (Wildman–Crippen LogP) is 2.74. The number of ether oxygens (including phenoxy) is 2. The number of pyridine rings is 1. The molecule has 8 heteroatoms. The molecule has 0 saturated carbocycles. The summed E-state index contributed by atoms with van der Waals surface area (Å²) in [6, 6.07) is 10.3. The SMILES string of the molecule is CCOC(=O)Nc1cccc(C(=O)Nc2cccnc2N2CCOCC2)c1. The van der Waals surface area contributed by atoms with Gasteiger partial charge in [0.2, 0.25) is 0 Å². The summed E-state index contributed by atoms with van der Waals surface area (Å²) in [6.45, 7) is 4.70. The van der Waals surface area contributed by atoms with Gasteiger partial charge in [-0.3, -0.25) is 10.1 Å². The smallest absolute Gasteiger partial charge is 0.411 e. The highest BCUT2D eigenvalue weighted by Gasteiger charge is 2.18. The minimum absolute atomic E-state index is 0.275. The van der Waals surface area contributed by atoms with E-state index in [1.54, 1.807) is 43.5 Å². The quantitative estimate of drug-likeness (QED) is 0.841. The van der Waals surface area contributed by atoms with Gasteiger partial charge in [0.15, 0.2) is 5.82 Å². The number of rotatable bonds is 5. The van der Waals surface area contributed by atoms with Gasteiger partial charge >= 0.3 is 6.09 Å². The molecule has 1 aromatic heterocycles. The van der Waals surface area contributed by atoms with Gasteiger partial charge < -0.3 is 19.7 Å². The van der Waals surface area contributed by atoms with Gasteiger partial charge in [0, 0.05) is 30.5 Å². The second-order valence-corrected chi connectivity index (χ2v) is 5.85. The summed E-state index contributed by atoms with van der Waals surface area (Å²) in [7, 11) is 0. The van der Waals surface area contributed by atoms with Crippen LogP contribution in [0.1, 0.15) is 17.3 Å². The molecule has 8 nitrogen and oxygen atoms in total. The maximum absolute atomic E-state index is 12.7. The molecule has 3 rings (SSSR count). The molecule has 2 aromatic rings. The lowest BCUT2D eigenvalue weighted by Gasteiger charge is -2.29. The van der Waals surface area contributed by atoms with Crippen molar-refractivity contribution in [2.24, 2.45) is 0 Å². The van der Waals surface area contributed by atoms with Gasteiger partial charge in [-0.05, 0) is 37.3 Å². The summed E-state index contributed by atoms with van der Waals surface area (Å²) in [5, 5.41) is 5.49. The van der Waals surface area contributed by atoms with Crippen LogP contribution in [0.5, 0.6) is 0 Å². The van der Waals surface area contributed by atoms with Gasteiger partial charge in [-0.1, -0.05) is 6.07 Å². The number of anilines is 3. The minimum Gasteiger partial charge on any atom is -0.450 e. The fourth-order valence-electron chi connectivity index (χ4n) is 2.74. The summed E-state index contributed by atoms with van der Waals surface area (Å²) in [5.74, 6) is 0.431.